The Labute approximate surface area is 345 Å². The zero-order valence-electron chi connectivity index (χ0n) is 33.4. The molecule has 6 aromatic rings. The molecular weight excluding hydrogens is 761 g/mol. The van der Waals surface area contributed by atoms with Gasteiger partial charge in [-0.05, 0) is 44.5 Å². The summed E-state index contributed by atoms with van der Waals surface area (Å²) in [6.45, 7) is 3.90. The van der Waals surface area contributed by atoms with E-state index in [-0.39, 0.29) is 35.7 Å². The molecule has 4 aliphatic rings. The minimum Gasteiger partial charge on any atom is -0.453 e. The van der Waals surface area contributed by atoms with Crippen molar-refractivity contribution in [2.45, 2.75) is 62.7 Å². The predicted octanol–water partition coefficient (Wildman–Crippen LogP) is 7.08. The summed E-state index contributed by atoms with van der Waals surface area (Å²) in [6, 6.07) is 26.4. The number of anilines is 2. The van der Waals surface area contributed by atoms with Gasteiger partial charge < -0.3 is 30.1 Å². The maximum Gasteiger partial charge on any atom is 0.407 e. The first-order chi connectivity index (χ1) is 29.1. The van der Waals surface area contributed by atoms with E-state index in [2.05, 4.69) is 44.9 Å². The van der Waals surface area contributed by atoms with E-state index in [0.29, 0.717) is 24.5 Å². The van der Waals surface area contributed by atoms with Gasteiger partial charge in [-0.3, -0.25) is 19.4 Å². The number of benzene rings is 4. The highest BCUT2D eigenvalue weighted by atomic mass is 16.5. The van der Waals surface area contributed by atoms with Gasteiger partial charge in [0.25, 0.3) is 11.8 Å². The Bertz CT molecular complexity index is 2520. The quantitative estimate of drug-likeness (QED) is 0.133. The number of aromatic nitrogens is 4. The van der Waals surface area contributed by atoms with Crippen LogP contribution in [0.3, 0.4) is 0 Å². The molecule has 4 amide bonds. The van der Waals surface area contributed by atoms with E-state index in [1.807, 2.05) is 74.5 Å². The topological polar surface area (TPSA) is 175 Å². The summed E-state index contributed by atoms with van der Waals surface area (Å²) in [5.41, 5.74) is 11.6. The van der Waals surface area contributed by atoms with Crippen LogP contribution in [0.4, 0.5) is 21.0 Å². The molecule has 0 saturated carbocycles. The highest BCUT2D eigenvalue weighted by Crippen LogP contribution is 2.50. The summed E-state index contributed by atoms with van der Waals surface area (Å²) in [6.07, 6.45) is 3.53. The van der Waals surface area contributed by atoms with E-state index in [1.54, 1.807) is 22.2 Å². The molecule has 6 heterocycles. The number of nitrogens with zero attached hydrogens (tertiary/aromatic N) is 4. The van der Waals surface area contributed by atoms with Crippen molar-refractivity contribution in [2.24, 2.45) is 0 Å². The number of alkyl carbamates (subject to hydrolysis) is 2. The molecule has 14 nitrogen and oxygen atoms in total. The van der Waals surface area contributed by atoms with Gasteiger partial charge in [-0.2, -0.15) is 0 Å². The Morgan fingerprint density at radius 3 is 1.37 bits per heavy atom. The number of carbonyl (C=O) groups is 4. The average Bonchev–Trinajstić information content (AvgIpc) is 4.10. The fourth-order valence-corrected chi connectivity index (χ4v) is 9.57. The van der Waals surface area contributed by atoms with E-state index in [9.17, 15) is 19.2 Å². The van der Waals surface area contributed by atoms with Crippen molar-refractivity contribution in [2.75, 3.05) is 24.0 Å². The van der Waals surface area contributed by atoms with Crippen LogP contribution in [0.5, 0.6) is 0 Å². The number of para-hydroxylation sites is 2. The lowest BCUT2D eigenvalue weighted by atomic mass is 9.86. The predicted molar refractivity (Wildman–Crippen MR) is 223 cm³/mol. The van der Waals surface area contributed by atoms with E-state index in [4.69, 9.17) is 19.4 Å². The Morgan fingerprint density at radius 2 is 0.983 bits per heavy atom. The van der Waals surface area contributed by atoms with Crippen LogP contribution in [-0.4, -0.2) is 70.2 Å². The van der Waals surface area contributed by atoms with Crippen LogP contribution in [0, 0.1) is 0 Å². The fourth-order valence-electron chi connectivity index (χ4n) is 9.57. The monoisotopic (exact) mass is 802 g/mol. The third-order valence-electron chi connectivity index (χ3n) is 12.7. The average molecular weight is 803 g/mol. The van der Waals surface area contributed by atoms with Crippen molar-refractivity contribution < 1.29 is 28.7 Å². The molecule has 4 N–H and O–H groups in total. The molecule has 6 atom stereocenters. The summed E-state index contributed by atoms with van der Waals surface area (Å²) in [4.78, 5) is 72.3. The second kappa shape index (κ2) is 14.3. The van der Waals surface area contributed by atoms with Crippen LogP contribution in [0.2, 0.25) is 0 Å². The number of imidazole rings is 2. The Balaban J connectivity index is 0.848. The minimum absolute atomic E-state index is 0.187. The van der Waals surface area contributed by atoms with Gasteiger partial charge in [0.2, 0.25) is 0 Å². The Hall–Kier alpha value is -7.22. The van der Waals surface area contributed by atoms with Crippen molar-refractivity contribution in [3.63, 3.8) is 0 Å². The van der Waals surface area contributed by atoms with E-state index in [0.717, 1.165) is 67.3 Å². The molecule has 10 rings (SSSR count). The lowest BCUT2D eigenvalue weighted by Gasteiger charge is -2.38. The molecule has 0 saturated heterocycles. The highest BCUT2D eigenvalue weighted by molar-refractivity contribution is 6.06. The SMILES string of the molecule is COC(=O)N[C@@H]1C(=O)N2c3c(cccc3C1C)C[C@H]2c1ncc(-c2ccc(-c3ccc(-c4cnc([C@@H]5Cc6cccc7c6N5C(=O)[C@@H](NC(=O)OC)C7C)[nH]4)cc3)cc2)[nH]1. The molecule has 0 aliphatic carbocycles. The van der Waals surface area contributed by atoms with Crippen molar-refractivity contribution in [3.8, 4) is 33.6 Å². The van der Waals surface area contributed by atoms with Crippen LogP contribution in [0.1, 0.15) is 71.7 Å². The molecule has 0 radical (unpaired) electrons. The second-order valence-electron chi connectivity index (χ2n) is 15.9. The molecule has 0 bridgehead atoms. The first kappa shape index (κ1) is 37.1. The van der Waals surface area contributed by atoms with Gasteiger partial charge in [0.05, 0.1) is 61.5 Å². The summed E-state index contributed by atoms with van der Waals surface area (Å²) in [5.74, 6) is 0.542. The van der Waals surface area contributed by atoms with Gasteiger partial charge in [0.15, 0.2) is 0 Å². The lowest BCUT2D eigenvalue weighted by Crippen LogP contribution is -2.54. The van der Waals surface area contributed by atoms with Gasteiger partial charge in [-0.25, -0.2) is 19.6 Å². The molecule has 60 heavy (non-hydrogen) atoms. The van der Waals surface area contributed by atoms with Crippen molar-refractivity contribution in [1.82, 2.24) is 30.6 Å². The zero-order chi connectivity index (χ0) is 41.4. The maximum atomic E-state index is 13.9. The number of carbonyl (C=O) groups excluding carboxylic acids is 4. The maximum absolute atomic E-state index is 13.9. The number of rotatable bonds is 7. The summed E-state index contributed by atoms with van der Waals surface area (Å²) < 4.78 is 9.67. The minimum atomic E-state index is -0.758. The third-order valence-corrected chi connectivity index (χ3v) is 12.7. The van der Waals surface area contributed by atoms with E-state index < -0.39 is 24.3 Å². The standard InChI is InChI=1S/C46H42N8O6/c1-23-31-9-5-7-29-19-35(53(39(29)31)43(55)37(23)51-45(57)59-3)41-47-21-33(49-41)27-15-11-25(12-16-27)26-13-17-28(18-14-26)34-22-48-42(50-34)36-20-30-8-6-10-32-24(2)38(52-46(58)60-4)44(56)54(36)40(30)32/h5-18,21-24,35-38H,19-20H2,1-4H3,(H,47,49)(H,48,50)(H,51,57)(H,52,58)/t23?,24?,35-,36-,37-,38-/m0/s1. The highest BCUT2D eigenvalue weighted by Gasteiger charge is 2.49. The van der Waals surface area contributed by atoms with E-state index >= 15 is 0 Å². The van der Waals surface area contributed by atoms with Gasteiger partial charge in [-0.1, -0.05) is 98.8 Å². The molecule has 4 aromatic carbocycles. The first-order valence-corrected chi connectivity index (χ1v) is 20.0. The molecule has 302 valence electrons. The van der Waals surface area contributed by atoms with E-state index in [1.165, 1.54) is 14.2 Å². The number of H-pyrrole nitrogens is 2. The van der Waals surface area contributed by atoms with Gasteiger partial charge in [0.1, 0.15) is 23.7 Å². The van der Waals surface area contributed by atoms with Crippen molar-refractivity contribution in [3.05, 3.63) is 131 Å². The number of methoxy groups -OCH3 is 2. The number of hydrogen-bond donors (Lipinski definition) is 4. The zero-order valence-corrected chi connectivity index (χ0v) is 33.4. The number of ether oxygens (including phenoxy) is 2. The summed E-state index contributed by atoms with van der Waals surface area (Å²) >= 11 is 0. The number of aromatic amines is 2. The lowest BCUT2D eigenvalue weighted by molar-refractivity contribution is -0.122. The summed E-state index contributed by atoms with van der Waals surface area (Å²) in [7, 11) is 2.58. The molecule has 2 unspecified atom stereocenters. The van der Waals surface area contributed by atoms with Crippen LogP contribution >= 0.6 is 0 Å². The molecule has 14 heteroatoms. The van der Waals surface area contributed by atoms with Crippen LogP contribution in [0.25, 0.3) is 33.6 Å². The number of nitrogens with one attached hydrogen (secondary N) is 4. The van der Waals surface area contributed by atoms with Gasteiger partial charge in [0, 0.05) is 24.7 Å². The molecule has 4 aliphatic heterocycles. The molecular formula is C46H42N8O6. The largest absolute Gasteiger partial charge is 0.453 e. The van der Waals surface area contributed by atoms with Gasteiger partial charge >= 0.3 is 12.2 Å². The first-order valence-electron chi connectivity index (χ1n) is 20.0. The molecule has 2 aromatic heterocycles. The number of amides is 4. The normalized spacial score (nSPS) is 22.3. The van der Waals surface area contributed by atoms with Gasteiger partial charge in [-0.15, -0.1) is 0 Å². The second-order valence-corrected chi connectivity index (χ2v) is 15.9. The number of hydrogen-bond acceptors (Lipinski definition) is 8. The van der Waals surface area contributed by atoms with Crippen LogP contribution in [-0.2, 0) is 31.9 Å². The fraction of sp³-hybridized carbons (Fsp3) is 0.261. The summed E-state index contributed by atoms with van der Waals surface area (Å²) in [5, 5.41) is 5.50. The Kier molecular flexibility index (Phi) is 8.81. The third kappa shape index (κ3) is 5.84. The van der Waals surface area contributed by atoms with Crippen LogP contribution in [0.15, 0.2) is 97.3 Å². The van der Waals surface area contributed by atoms with Crippen molar-refractivity contribution >= 4 is 35.4 Å². The smallest absolute Gasteiger partial charge is 0.407 e. The van der Waals surface area contributed by atoms with Crippen molar-refractivity contribution in [1.29, 1.82) is 0 Å². The molecule has 0 spiro atoms. The Morgan fingerprint density at radius 1 is 0.600 bits per heavy atom. The van der Waals surface area contributed by atoms with Crippen LogP contribution < -0.4 is 20.4 Å². The molecule has 0 fully saturated rings.